The van der Waals surface area contributed by atoms with E-state index in [1.165, 1.54) is 0 Å². The molecule has 0 spiro atoms. The van der Waals surface area contributed by atoms with Crippen LogP contribution in [0.3, 0.4) is 0 Å². The molecule has 10 heteroatoms. The summed E-state index contributed by atoms with van der Waals surface area (Å²) >= 11 is 4.55. The van der Waals surface area contributed by atoms with E-state index in [-0.39, 0.29) is 11.5 Å². The molecular formula is C11H27N3O4S3. The van der Waals surface area contributed by atoms with Crippen LogP contribution in [0.15, 0.2) is 0 Å². The Bertz CT molecular complexity index is 239. The highest BCUT2D eigenvalue weighted by molar-refractivity contribution is 8.00. The summed E-state index contributed by atoms with van der Waals surface area (Å²) in [6, 6.07) is -0.973. The lowest BCUT2D eigenvalue weighted by molar-refractivity contribution is -0.138. The first kappa shape index (κ1) is 25.8. The van der Waals surface area contributed by atoms with Crippen LogP contribution in [0.5, 0.6) is 0 Å². The van der Waals surface area contributed by atoms with Gasteiger partial charge in [-0.15, -0.1) is 11.8 Å². The highest BCUT2D eigenvalue weighted by Crippen LogP contribution is 2.00. The monoisotopic (exact) mass is 361 g/mol. The van der Waals surface area contributed by atoms with Gasteiger partial charge in [0.1, 0.15) is 6.04 Å². The summed E-state index contributed by atoms with van der Waals surface area (Å²) in [5.74, 6) is 0.110. The molecule has 0 aromatic rings. The van der Waals surface area contributed by atoms with Gasteiger partial charge in [0.05, 0.1) is 5.75 Å². The maximum absolute atomic E-state index is 10.1. The molecule has 0 aliphatic rings. The molecule has 0 heterocycles. The topological polar surface area (TPSA) is 153 Å². The van der Waals surface area contributed by atoms with Crippen LogP contribution in [0, 0.1) is 0 Å². The average Bonchev–Trinajstić information content (AvgIpc) is 2.41. The van der Waals surface area contributed by atoms with Crippen LogP contribution in [0.4, 0.5) is 0 Å². The summed E-state index contributed by atoms with van der Waals surface area (Å²) in [6.45, 7) is 1.61. The van der Waals surface area contributed by atoms with Gasteiger partial charge in [0, 0.05) is 30.3 Å². The summed E-state index contributed by atoms with van der Waals surface area (Å²) in [5, 5.41) is 16.4. The minimum absolute atomic E-state index is 0.110. The summed E-state index contributed by atoms with van der Waals surface area (Å²) in [4.78, 5) is 20.0. The third-order valence-corrected chi connectivity index (χ3v) is 3.82. The minimum Gasteiger partial charge on any atom is -0.481 e. The van der Waals surface area contributed by atoms with Crippen LogP contribution in [0.1, 0.15) is 0 Å². The Morgan fingerprint density at radius 3 is 1.67 bits per heavy atom. The Balaban J connectivity index is -0.000000270. The molecule has 0 aromatic heterocycles. The summed E-state index contributed by atoms with van der Waals surface area (Å²) in [7, 11) is 0. The molecule has 1 unspecified atom stereocenters. The second kappa shape index (κ2) is 22.2. The number of aliphatic carboxylic acids is 2. The third kappa shape index (κ3) is 33.0. The summed E-state index contributed by atoms with van der Waals surface area (Å²) in [6.07, 6.45) is 4.10. The van der Waals surface area contributed by atoms with E-state index in [1.807, 2.05) is 12.5 Å². The van der Waals surface area contributed by atoms with Crippen molar-refractivity contribution in [1.82, 2.24) is 0 Å². The molecule has 128 valence electrons. The Morgan fingerprint density at radius 2 is 1.48 bits per heavy atom. The standard InChI is InChI=1S/C5H9NO4S.2C3H9NS/c6-3(5(9)10)1-11-2-4(7)8;2*1-5-3-2-4/h3H,1-2,6H2,(H,7,8)(H,9,10);2*2-4H2,1H3. The SMILES string of the molecule is CSCCN.CSCCN.NC(CSCC(=O)O)C(=O)O. The molecular weight excluding hydrogens is 334 g/mol. The number of carboxylic acid groups (broad SMARTS) is 2. The fraction of sp³-hybridized carbons (Fsp3) is 0.818. The van der Waals surface area contributed by atoms with Crippen molar-refractivity contribution in [2.24, 2.45) is 17.2 Å². The Kier molecular flexibility index (Phi) is 27.2. The smallest absolute Gasteiger partial charge is 0.321 e. The number of carbonyl (C=O) groups is 2. The van der Waals surface area contributed by atoms with E-state index in [2.05, 4.69) is 0 Å². The Hall–Kier alpha value is -0.130. The van der Waals surface area contributed by atoms with E-state index >= 15 is 0 Å². The van der Waals surface area contributed by atoms with Gasteiger partial charge in [0.25, 0.3) is 0 Å². The van der Waals surface area contributed by atoms with E-state index in [4.69, 9.17) is 27.4 Å². The largest absolute Gasteiger partial charge is 0.481 e. The second-order valence-electron chi connectivity index (χ2n) is 3.42. The van der Waals surface area contributed by atoms with Gasteiger partial charge in [-0.25, -0.2) is 0 Å². The highest BCUT2D eigenvalue weighted by atomic mass is 32.2. The van der Waals surface area contributed by atoms with E-state index in [9.17, 15) is 9.59 Å². The van der Waals surface area contributed by atoms with Gasteiger partial charge in [-0.2, -0.15) is 23.5 Å². The molecule has 0 amide bonds. The van der Waals surface area contributed by atoms with E-state index in [1.54, 1.807) is 23.5 Å². The predicted octanol–water partition coefficient (Wildman–Crippen LogP) is -0.168. The molecule has 21 heavy (non-hydrogen) atoms. The van der Waals surface area contributed by atoms with Gasteiger partial charge in [-0.3, -0.25) is 9.59 Å². The maximum atomic E-state index is 10.1. The fourth-order valence-corrected chi connectivity index (χ4v) is 1.74. The molecule has 0 saturated heterocycles. The molecule has 0 fully saturated rings. The zero-order valence-corrected chi connectivity index (χ0v) is 14.9. The zero-order valence-electron chi connectivity index (χ0n) is 12.5. The molecule has 8 N–H and O–H groups in total. The maximum Gasteiger partial charge on any atom is 0.321 e. The van der Waals surface area contributed by atoms with Crippen molar-refractivity contribution in [3.05, 3.63) is 0 Å². The van der Waals surface area contributed by atoms with Crippen molar-refractivity contribution in [3.8, 4) is 0 Å². The van der Waals surface area contributed by atoms with Gasteiger partial charge in [-0.1, -0.05) is 0 Å². The molecule has 1 atom stereocenters. The van der Waals surface area contributed by atoms with Crippen molar-refractivity contribution < 1.29 is 19.8 Å². The number of nitrogens with two attached hydrogens (primary N) is 3. The van der Waals surface area contributed by atoms with Crippen LogP contribution < -0.4 is 17.2 Å². The van der Waals surface area contributed by atoms with E-state index in [0.717, 1.165) is 36.4 Å². The van der Waals surface area contributed by atoms with Crippen LogP contribution in [-0.2, 0) is 9.59 Å². The van der Waals surface area contributed by atoms with Crippen LogP contribution in [0.2, 0.25) is 0 Å². The number of hydrogen-bond acceptors (Lipinski definition) is 8. The molecule has 0 radical (unpaired) electrons. The van der Waals surface area contributed by atoms with Crippen LogP contribution >= 0.6 is 35.3 Å². The van der Waals surface area contributed by atoms with Gasteiger partial charge in [-0.05, 0) is 12.5 Å². The average molecular weight is 362 g/mol. The third-order valence-electron chi connectivity index (χ3n) is 1.48. The molecule has 0 aromatic carbocycles. The van der Waals surface area contributed by atoms with Gasteiger partial charge >= 0.3 is 11.9 Å². The van der Waals surface area contributed by atoms with Crippen molar-refractivity contribution >= 4 is 47.2 Å². The van der Waals surface area contributed by atoms with Crippen molar-refractivity contribution in [2.75, 3.05) is 48.6 Å². The van der Waals surface area contributed by atoms with Gasteiger partial charge < -0.3 is 27.4 Å². The number of carboxylic acids is 2. The first-order chi connectivity index (χ1) is 9.87. The van der Waals surface area contributed by atoms with Gasteiger partial charge in [0.15, 0.2) is 0 Å². The quantitative estimate of drug-likeness (QED) is 0.374. The van der Waals surface area contributed by atoms with Crippen LogP contribution in [0.25, 0.3) is 0 Å². The van der Waals surface area contributed by atoms with Gasteiger partial charge in [0.2, 0.25) is 0 Å². The first-order valence-electron chi connectivity index (χ1n) is 6.03. The molecule has 0 saturated carbocycles. The number of rotatable bonds is 9. The van der Waals surface area contributed by atoms with Crippen LogP contribution in [-0.4, -0.2) is 76.8 Å². The van der Waals surface area contributed by atoms with Crippen molar-refractivity contribution in [1.29, 1.82) is 0 Å². The summed E-state index contributed by atoms with van der Waals surface area (Å²) < 4.78 is 0. The molecule has 0 aliphatic heterocycles. The van der Waals surface area contributed by atoms with Crippen molar-refractivity contribution in [3.63, 3.8) is 0 Å². The lowest BCUT2D eigenvalue weighted by Crippen LogP contribution is -2.32. The van der Waals surface area contributed by atoms with E-state index in [0.29, 0.717) is 0 Å². The fourth-order valence-electron chi connectivity index (χ4n) is 0.580. The van der Waals surface area contributed by atoms with Crippen molar-refractivity contribution in [2.45, 2.75) is 6.04 Å². The predicted molar refractivity (Wildman–Crippen MR) is 95.4 cm³/mol. The molecule has 0 aliphatic carbocycles. The Labute approximate surface area is 139 Å². The molecule has 0 bridgehead atoms. The second-order valence-corrected chi connectivity index (χ2v) is 6.42. The minimum atomic E-state index is -1.11. The number of hydrogen-bond donors (Lipinski definition) is 5. The summed E-state index contributed by atoms with van der Waals surface area (Å²) in [5.41, 5.74) is 15.3. The molecule has 0 rings (SSSR count). The highest BCUT2D eigenvalue weighted by Gasteiger charge is 2.11. The lowest BCUT2D eigenvalue weighted by Gasteiger charge is -2.02. The zero-order chi connectivity index (χ0) is 17.1. The normalized spacial score (nSPS) is 10.5. The lowest BCUT2D eigenvalue weighted by atomic mass is 10.4. The Morgan fingerprint density at radius 1 is 1.05 bits per heavy atom. The first-order valence-corrected chi connectivity index (χ1v) is 9.97. The van der Waals surface area contributed by atoms with E-state index < -0.39 is 18.0 Å². The number of thioether (sulfide) groups is 3. The molecule has 7 nitrogen and oxygen atoms in total.